The molecular formula is C18H28BrNO. The first kappa shape index (κ1) is 16.8. The molecule has 0 bridgehead atoms. The maximum atomic E-state index is 5.56. The van der Waals surface area contributed by atoms with Gasteiger partial charge >= 0.3 is 0 Å². The van der Waals surface area contributed by atoms with Gasteiger partial charge in [-0.05, 0) is 69.2 Å². The van der Waals surface area contributed by atoms with Gasteiger partial charge in [-0.3, -0.25) is 0 Å². The minimum Gasteiger partial charge on any atom is -0.496 e. The Morgan fingerprint density at radius 2 is 1.90 bits per heavy atom. The van der Waals surface area contributed by atoms with Crippen molar-refractivity contribution in [3.63, 3.8) is 0 Å². The van der Waals surface area contributed by atoms with Gasteiger partial charge in [0, 0.05) is 16.6 Å². The molecule has 0 heterocycles. The highest BCUT2D eigenvalue weighted by atomic mass is 79.9. The average Bonchev–Trinajstić information content (AvgIpc) is 2.85. The molecule has 2 nitrogen and oxygen atoms in total. The quantitative estimate of drug-likeness (QED) is 0.808. The van der Waals surface area contributed by atoms with Crippen molar-refractivity contribution in [3.8, 4) is 5.75 Å². The van der Waals surface area contributed by atoms with E-state index in [1.165, 1.54) is 31.2 Å². The van der Waals surface area contributed by atoms with Gasteiger partial charge in [0.25, 0.3) is 0 Å². The van der Waals surface area contributed by atoms with Crippen molar-refractivity contribution in [2.24, 2.45) is 5.41 Å². The summed E-state index contributed by atoms with van der Waals surface area (Å²) in [6, 6.07) is 6.34. The lowest BCUT2D eigenvalue weighted by molar-refractivity contribution is 0.242. The van der Waals surface area contributed by atoms with Crippen LogP contribution in [-0.4, -0.2) is 19.2 Å². The lowest BCUT2D eigenvalue weighted by Crippen LogP contribution is -2.44. The van der Waals surface area contributed by atoms with E-state index >= 15 is 0 Å². The molecule has 0 aromatic heterocycles. The molecule has 1 aromatic carbocycles. The summed E-state index contributed by atoms with van der Waals surface area (Å²) >= 11 is 3.59. The van der Waals surface area contributed by atoms with Crippen LogP contribution in [-0.2, 0) is 6.42 Å². The molecule has 1 aliphatic carbocycles. The van der Waals surface area contributed by atoms with Crippen LogP contribution in [0.3, 0.4) is 0 Å². The summed E-state index contributed by atoms with van der Waals surface area (Å²) in [6.45, 7) is 7.83. The Balaban J connectivity index is 2.18. The highest BCUT2D eigenvalue weighted by molar-refractivity contribution is 9.10. The van der Waals surface area contributed by atoms with Crippen molar-refractivity contribution in [2.45, 2.75) is 58.4 Å². The molecule has 3 heteroatoms. The molecular weight excluding hydrogens is 326 g/mol. The molecule has 0 spiro atoms. The van der Waals surface area contributed by atoms with Crippen LogP contribution in [0.4, 0.5) is 0 Å². The van der Waals surface area contributed by atoms with E-state index in [0.717, 1.165) is 23.2 Å². The second-order valence-corrected chi connectivity index (χ2v) is 8.36. The first-order valence-corrected chi connectivity index (χ1v) is 8.70. The van der Waals surface area contributed by atoms with E-state index in [4.69, 9.17) is 4.74 Å². The van der Waals surface area contributed by atoms with Crippen molar-refractivity contribution < 1.29 is 4.74 Å². The molecule has 0 saturated heterocycles. The monoisotopic (exact) mass is 353 g/mol. The van der Waals surface area contributed by atoms with Gasteiger partial charge in [-0.25, -0.2) is 0 Å². The van der Waals surface area contributed by atoms with Crippen molar-refractivity contribution in [1.29, 1.82) is 0 Å². The van der Waals surface area contributed by atoms with E-state index in [0.29, 0.717) is 5.41 Å². The fourth-order valence-corrected chi connectivity index (χ4v) is 3.69. The molecule has 1 N–H and O–H groups in total. The van der Waals surface area contributed by atoms with Gasteiger partial charge < -0.3 is 10.1 Å². The molecule has 1 saturated carbocycles. The fraction of sp³-hybridized carbons (Fsp3) is 0.667. The number of rotatable bonds is 5. The largest absolute Gasteiger partial charge is 0.496 e. The van der Waals surface area contributed by atoms with Gasteiger partial charge in [0.2, 0.25) is 0 Å². The lowest BCUT2D eigenvalue weighted by Gasteiger charge is -2.34. The van der Waals surface area contributed by atoms with Crippen molar-refractivity contribution in [1.82, 2.24) is 5.32 Å². The van der Waals surface area contributed by atoms with E-state index < -0.39 is 0 Å². The van der Waals surface area contributed by atoms with Crippen LogP contribution in [0.5, 0.6) is 5.75 Å². The molecule has 1 fully saturated rings. The third-order valence-corrected chi connectivity index (χ3v) is 4.96. The van der Waals surface area contributed by atoms with Crippen LogP contribution < -0.4 is 10.1 Å². The third-order valence-electron chi connectivity index (χ3n) is 4.47. The van der Waals surface area contributed by atoms with Crippen LogP contribution in [0.1, 0.15) is 52.0 Å². The molecule has 1 aliphatic rings. The third kappa shape index (κ3) is 4.72. The molecule has 0 atom stereocenters. The Morgan fingerprint density at radius 1 is 1.24 bits per heavy atom. The summed E-state index contributed by atoms with van der Waals surface area (Å²) in [5.74, 6) is 1.01. The SMILES string of the molecule is COc1ccc(Br)cc1CC1(CNC(C)(C)C)CCCC1. The standard InChI is InChI=1S/C18H28BrNO/c1-17(2,3)20-13-18(9-5-6-10-18)12-14-11-15(19)7-8-16(14)21-4/h7-8,11,20H,5-6,9-10,12-13H2,1-4H3. The second kappa shape index (κ2) is 6.70. The van der Waals surface area contributed by atoms with Gasteiger partial charge in [-0.2, -0.15) is 0 Å². The average molecular weight is 354 g/mol. The number of benzene rings is 1. The van der Waals surface area contributed by atoms with E-state index in [-0.39, 0.29) is 5.54 Å². The topological polar surface area (TPSA) is 21.3 Å². The van der Waals surface area contributed by atoms with E-state index in [2.05, 4.69) is 60.2 Å². The smallest absolute Gasteiger partial charge is 0.122 e. The molecule has 2 rings (SSSR count). The summed E-state index contributed by atoms with van der Waals surface area (Å²) in [7, 11) is 1.77. The summed E-state index contributed by atoms with van der Waals surface area (Å²) in [6.07, 6.45) is 6.42. The van der Waals surface area contributed by atoms with E-state index in [1.807, 2.05) is 0 Å². The summed E-state index contributed by atoms with van der Waals surface area (Å²) in [5.41, 5.74) is 1.88. The number of halogens is 1. The molecule has 0 amide bonds. The van der Waals surface area contributed by atoms with Gasteiger partial charge in [-0.15, -0.1) is 0 Å². The number of nitrogens with one attached hydrogen (secondary N) is 1. The maximum absolute atomic E-state index is 5.56. The minimum absolute atomic E-state index is 0.178. The Morgan fingerprint density at radius 3 is 2.48 bits per heavy atom. The zero-order valence-electron chi connectivity index (χ0n) is 13.8. The van der Waals surface area contributed by atoms with Crippen LogP contribution in [0.15, 0.2) is 22.7 Å². The lowest BCUT2D eigenvalue weighted by atomic mass is 9.79. The minimum atomic E-state index is 0.178. The van der Waals surface area contributed by atoms with Crippen molar-refractivity contribution >= 4 is 15.9 Å². The van der Waals surface area contributed by atoms with Crippen LogP contribution in [0, 0.1) is 5.41 Å². The fourth-order valence-electron chi connectivity index (χ4n) is 3.28. The molecule has 0 unspecified atom stereocenters. The summed E-state index contributed by atoms with van der Waals surface area (Å²) in [4.78, 5) is 0. The first-order valence-electron chi connectivity index (χ1n) is 7.91. The van der Waals surface area contributed by atoms with Gasteiger partial charge in [0.15, 0.2) is 0 Å². The van der Waals surface area contributed by atoms with E-state index in [9.17, 15) is 0 Å². The highest BCUT2D eigenvalue weighted by Gasteiger charge is 2.35. The Kier molecular flexibility index (Phi) is 5.37. The zero-order valence-corrected chi connectivity index (χ0v) is 15.3. The Hall–Kier alpha value is -0.540. The van der Waals surface area contributed by atoms with Crippen LogP contribution in [0.25, 0.3) is 0 Å². The molecule has 118 valence electrons. The van der Waals surface area contributed by atoms with Crippen molar-refractivity contribution in [2.75, 3.05) is 13.7 Å². The predicted octanol–water partition coefficient (Wildman–Crippen LogP) is 4.95. The Bertz CT molecular complexity index is 473. The molecule has 0 radical (unpaired) electrons. The van der Waals surface area contributed by atoms with Crippen LogP contribution >= 0.6 is 15.9 Å². The summed E-state index contributed by atoms with van der Waals surface area (Å²) < 4.78 is 6.69. The Labute approximate surface area is 137 Å². The number of methoxy groups -OCH3 is 1. The van der Waals surface area contributed by atoms with Gasteiger partial charge in [0.05, 0.1) is 7.11 Å². The first-order chi connectivity index (χ1) is 9.84. The molecule has 1 aromatic rings. The number of hydrogen-bond donors (Lipinski definition) is 1. The highest BCUT2D eigenvalue weighted by Crippen LogP contribution is 2.42. The predicted molar refractivity (Wildman–Crippen MR) is 93.1 cm³/mol. The molecule has 21 heavy (non-hydrogen) atoms. The van der Waals surface area contributed by atoms with Crippen LogP contribution in [0.2, 0.25) is 0 Å². The molecule has 0 aliphatic heterocycles. The summed E-state index contributed by atoms with van der Waals surface area (Å²) in [5, 5.41) is 3.72. The zero-order chi connectivity index (χ0) is 15.5. The maximum Gasteiger partial charge on any atom is 0.122 e. The number of hydrogen-bond acceptors (Lipinski definition) is 2. The van der Waals surface area contributed by atoms with Gasteiger partial charge in [0.1, 0.15) is 5.75 Å². The van der Waals surface area contributed by atoms with E-state index in [1.54, 1.807) is 7.11 Å². The van der Waals surface area contributed by atoms with Crippen molar-refractivity contribution in [3.05, 3.63) is 28.2 Å². The van der Waals surface area contributed by atoms with Gasteiger partial charge in [-0.1, -0.05) is 28.8 Å². The normalized spacial score (nSPS) is 18.0. The number of ether oxygens (including phenoxy) is 1. The second-order valence-electron chi connectivity index (χ2n) is 7.44.